The number of aliphatic hydroxyl groups excluding tert-OH is 1. The molecule has 2 aliphatic rings. The maximum absolute atomic E-state index is 10.6. The summed E-state index contributed by atoms with van der Waals surface area (Å²) in [5.41, 5.74) is 0.900. The Balaban J connectivity index is 1.77. The summed E-state index contributed by atoms with van der Waals surface area (Å²) in [7, 11) is 0. The van der Waals surface area contributed by atoms with Gasteiger partial charge in [-0.1, -0.05) is 33.6 Å². The molecule has 2 unspecified atom stereocenters. The average Bonchev–Trinajstić information content (AvgIpc) is 2.36. The van der Waals surface area contributed by atoms with Gasteiger partial charge in [-0.15, -0.1) is 0 Å². The first-order chi connectivity index (χ1) is 9.10. The van der Waals surface area contributed by atoms with Gasteiger partial charge < -0.3 is 9.84 Å². The maximum atomic E-state index is 10.6. The van der Waals surface area contributed by atoms with Crippen LogP contribution in [0.2, 0.25) is 5.02 Å². The molecule has 19 heavy (non-hydrogen) atoms. The van der Waals surface area contributed by atoms with Crippen LogP contribution in [-0.4, -0.2) is 17.3 Å². The Labute approximate surface area is 127 Å². The zero-order valence-corrected chi connectivity index (χ0v) is 13.1. The minimum atomic E-state index is -0.484. The van der Waals surface area contributed by atoms with Crippen LogP contribution >= 0.6 is 27.5 Å². The van der Waals surface area contributed by atoms with E-state index in [4.69, 9.17) is 16.3 Å². The number of hydrogen-bond donors (Lipinski definition) is 1. The van der Waals surface area contributed by atoms with Crippen LogP contribution in [0.3, 0.4) is 0 Å². The predicted molar refractivity (Wildman–Crippen MR) is 79.4 cm³/mol. The van der Waals surface area contributed by atoms with Crippen LogP contribution < -0.4 is 0 Å². The minimum absolute atomic E-state index is 0.0612. The Hall–Kier alpha value is -0.0900. The van der Waals surface area contributed by atoms with Gasteiger partial charge in [-0.2, -0.15) is 0 Å². The third kappa shape index (κ3) is 2.71. The molecule has 1 aliphatic carbocycles. The van der Waals surface area contributed by atoms with Crippen molar-refractivity contribution in [1.82, 2.24) is 0 Å². The van der Waals surface area contributed by atoms with E-state index in [1.807, 2.05) is 18.2 Å². The third-order valence-corrected chi connectivity index (χ3v) is 5.34. The molecular weight excluding hydrogens is 328 g/mol. The first kappa shape index (κ1) is 13.9. The van der Waals surface area contributed by atoms with Crippen LogP contribution in [0.1, 0.15) is 43.8 Å². The van der Waals surface area contributed by atoms with E-state index in [1.54, 1.807) is 0 Å². The van der Waals surface area contributed by atoms with E-state index >= 15 is 0 Å². The fourth-order valence-corrected chi connectivity index (χ4v) is 4.04. The maximum Gasteiger partial charge on any atom is 0.0834 e. The number of hydrogen-bond acceptors (Lipinski definition) is 2. The molecule has 1 aromatic carbocycles. The number of rotatable bonds is 2. The number of aliphatic hydroxyl groups is 1. The van der Waals surface area contributed by atoms with E-state index in [9.17, 15) is 5.11 Å². The zero-order valence-electron chi connectivity index (χ0n) is 10.7. The lowest BCUT2D eigenvalue weighted by Gasteiger charge is -2.48. The normalized spacial score (nSPS) is 27.0. The molecule has 1 saturated heterocycles. The van der Waals surface area contributed by atoms with Gasteiger partial charge >= 0.3 is 0 Å². The standard InChI is InChI=1S/C15H18BrClO2/c16-11-2-3-12(13(17)8-11)14(18)10-4-7-19-15(9-10)5-1-6-15/h2-3,8,10,14,18H,1,4-7,9H2. The van der Waals surface area contributed by atoms with E-state index < -0.39 is 6.10 Å². The zero-order chi connectivity index (χ0) is 13.5. The molecule has 1 heterocycles. The van der Waals surface area contributed by atoms with Crippen molar-refractivity contribution < 1.29 is 9.84 Å². The highest BCUT2D eigenvalue weighted by Crippen LogP contribution is 2.47. The molecule has 104 valence electrons. The quantitative estimate of drug-likeness (QED) is 0.856. The summed E-state index contributed by atoms with van der Waals surface area (Å²) in [6.45, 7) is 0.760. The second-order valence-electron chi connectivity index (χ2n) is 5.75. The van der Waals surface area contributed by atoms with Crippen LogP contribution in [0.4, 0.5) is 0 Å². The number of halogens is 2. The lowest BCUT2D eigenvalue weighted by Crippen LogP contribution is -2.46. The second-order valence-corrected chi connectivity index (χ2v) is 7.07. The molecule has 1 N–H and O–H groups in total. The van der Waals surface area contributed by atoms with E-state index in [2.05, 4.69) is 15.9 Å². The summed E-state index contributed by atoms with van der Waals surface area (Å²) in [5, 5.41) is 11.2. The average molecular weight is 346 g/mol. The van der Waals surface area contributed by atoms with Crippen LogP contribution in [0.15, 0.2) is 22.7 Å². The SMILES string of the molecule is OC(c1ccc(Br)cc1Cl)C1CCOC2(CCC2)C1. The number of benzene rings is 1. The van der Waals surface area contributed by atoms with Crippen molar-refractivity contribution in [2.45, 2.75) is 43.8 Å². The monoisotopic (exact) mass is 344 g/mol. The fraction of sp³-hybridized carbons (Fsp3) is 0.600. The highest BCUT2D eigenvalue weighted by molar-refractivity contribution is 9.10. The molecule has 2 atom stereocenters. The van der Waals surface area contributed by atoms with Gasteiger partial charge in [0.25, 0.3) is 0 Å². The summed E-state index contributed by atoms with van der Waals surface area (Å²) >= 11 is 9.64. The topological polar surface area (TPSA) is 29.5 Å². The molecule has 0 aromatic heterocycles. The lowest BCUT2D eigenvalue weighted by atomic mass is 9.70. The van der Waals surface area contributed by atoms with Gasteiger partial charge in [0, 0.05) is 16.1 Å². The third-order valence-electron chi connectivity index (χ3n) is 4.52. The summed E-state index contributed by atoms with van der Waals surface area (Å²) in [6, 6.07) is 5.70. The smallest absolute Gasteiger partial charge is 0.0834 e. The number of ether oxygens (including phenoxy) is 1. The summed E-state index contributed by atoms with van der Waals surface area (Å²) in [4.78, 5) is 0. The predicted octanol–water partition coefficient (Wildman–Crippen LogP) is 4.49. The van der Waals surface area contributed by atoms with Gasteiger partial charge in [0.2, 0.25) is 0 Å². The van der Waals surface area contributed by atoms with Gasteiger partial charge in [-0.05, 0) is 55.7 Å². The van der Waals surface area contributed by atoms with Crippen molar-refractivity contribution in [2.24, 2.45) is 5.92 Å². The van der Waals surface area contributed by atoms with E-state index in [0.29, 0.717) is 5.02 Å². The molecule has 2 nitrogen and oxygen atoms in total. The molecule has 1 spiro atoms. The molecule has 4 heteroatoms. The Morgan fingerprint density at radius 3 is 2.84 bits per heavy atom. The molecule has 0 radical (unpaired) electrons. The van der Waals surface area contributed by atoms with Gasteiger partial charge in [-0.25, -0.2) is 0 Å². The summed E-state index contributed by atoms with van der Waals surface area (Å²) in [6.07, 6.45) is 4.92. The van der Waals surface area contributed by atoms with Gasteiger partial charge in [0.1, 0.15) is 0 Å². The van der Waals surface area contributed by atoms with Crippen molar-refractivity contribution in [1.29, 1.82) is 0 Å². The van der Waals surface area contributed by atoms with Crippen LogP contribution in [0.25, 0.3) is 0 Å². The Morgan fingerprint density at radius 2 is 2.21 bits per heavy atom. The van der Waals surface area contributed by atoms with E-state index in [0.717, 1.165) is 42.3 Å². The molecule has 1 aromatic rings. The molecule has 1 saturated carbocycles. The molecular formula is C15H18BrClO2. The van der Waals surface area contributed by atoms with E-state index in [1.165, 1.54) is 6.42 Å². The fourth-order valence-electron chi connectivity index (χ4n) is 3.25. The lowest BCUT2D eigenvalue weighted by molar-refractivity contribution is -0.157. The van der Waals surface area contributed by atoms with E-state index in [-0.39, 0.29) is 11.5 Å². The largest absolute Gasteiger partial charge is 0.388 e. The summed E-state index contributed by atoms with van der Waals surface area (Å²) in [5.74, 6) is 0.257. The molecule has 0 amide bonds. The van der Waals surface area contributed by atoms with Crippen LogP contribution in [-0.2, 0) is 4.74 Å². The Morgan fingerprint density at radius 1 is 1.42 bits per heavy atom. The highest BCUT2D eigenvalue weighted by atomic mass is 79.9. The highest BCUT2D eigenvalue weighted by Gasteiger charge is 2.44. The van der Waals surface area contributed by atoms with Crippen molar-refractivity contribution in [2.75, 3.05) is 6.61 Å². The minimum Gasteiger partial charge on any atom is -0.388 e. The summed E-state index contributed by atoms with van der Waals surface area (Å²) < 4.78 is 6.86. The van der Waals surface area contributed by atoms with Crippen molar-refractivity contribution >= 4 is 27.5 Å². The Bertz CT molecular complexity index is 473. The molecule has 2 fully saturated rings. The first-order valence-electron chi connectivity index (χ1n) is 6.87. The second kappa shape index (κ2) is 5.36. The van der Waals surface area contributed by atoms with Crippen molar-refractivity contribution in [3.8, 4) is 0 Å². The van der Waals surface area contributed by atoms with Crippen LogP contribution in [0, 0.1) is 5.92 Å². The van der Waals surface area contributed by atoms with Gasteiger partial charge in [0.15, 0.2) is 0 Å². The Kier molecular flexibility index (Phi) is 3.91. The van der Waals surface area contributed by atoms with Gasteiger partial charge in [-0.3, -0.25) is 0 Å². The molecule has 0 bridgehead atoms. The van der Waals surface area contributed by atoms with Crippen molar-refractivity contribution in [3.63, 3.8) is 0 Å². The van der Waals surface area contributed by atoms with Crippen LogP contribution in [0.5, 0.6) is 0 Å². The molecule has 1 aliphatic heterocycles. The van der Waals surface area contributed by atoms with Crippen molar-refractivity contribution in [3.05, 3.63) is 33.3 Å². The van der Waals surface area contributed by atoms with Gasteiger partial charge in [0.05, 0.1) is 11.7 Å². The molecule has 3 rings (SSSR count). The first-order valence-corrected chi connectivity index (χ1v) is 8.04.